The number of ether oxygens (including phenoxy) is 1. The van der Waals surface area contributed by atoms with E-state index < -0.39 is 17.9 Å². The molecule has 0 fully saturated rings. The van der Waals surface area contributed by atoms with E-state index in [2.05, 4.69) is 0 Å². The Bertz CT molecular complexity index is 367. The molecule has 72 valence electrons. The zero-order valence-corrected chi connectivity index (χ0v) is 7.53. The fraction of sp³-hybridized carbons (Fsp3) is 0.200. The van der Waals surface area contributed by atoms with Crippen LogP contribution in [0.25, 0.3) is 0 Å². The molecule has 0 saturated carbocycles. The molecule has 0 radical (unpaired) electrons. The third kappa shape index (κ3) is 2.56. The molecule has 1 rings (SSSR count). The van der Waals surface area contributed by atoms with E-state index in [-0.39, 0.29) is 5.56 Å². The molecule has 0 aromatic heterocycles. The number of hydrogen-bond donors (Lipinski definition) is 0. The van der Waals surface area contributed by atoms with Gasteiger partial charge in [-0.2, -0.15) is 5.26 Å². The Morgan fingerprint density at radius 2 is 2.07 bits per heavy atom. The Morgan fingerprint density at radius 1 is 1.50 bits per heavy atom. The summed E-state index contributed by atoms with van der Waals surface area (Å²) in [5, 5.41) is 8.39. The van der Waals surface area contributed by atoms with Gasteiger partial charge in [0.2, 0.25) is 0 Å². The van der Waals surface area contributed by atoms with Crippen LogP contribution in [0.5, 0.6) is 0 Å². The summed E-state index contributed by atoms with van der Waals surface area (Å²) < 4.78 is 17.2. The lowest BCUT2D eigenvalue weighted by Crippen LogP contribution is -2.12. The molecule has 1 unspecified atom stereocenters. The number of nitrogens with zero attached hydrogens (tertiary/aromatic N) is 1. The molecule has 4 heteroatoms. The summed E-state index contributed by atoms with van der Waals surface area (Å²) in [6, 6.07) is 6.70. The highest BCUT2D eigenvalue weighted by Gasteiger charge is 2.10. The molecule has 0 bridgehead atoms. The number of esters is 1. The Kier molecular flexibility index (Phi) is 3.19. The number of halogens is 1. The van der Waals surface area contributed by atoms with Gasteiger partial charge in [-0.3, -0.25) is 0 Å². The van der Waals surface area contributed by atoms with Crippen LogP contribution in [0.2, 0.25) is 0 Å². The van der Waals surface area contributed by atoms with Crippen LogP contribution in [0.1, 0.15) is 17.3 Å². The lowest BCUT2D eigenvalue weighted by Gasteiger charge is -2.05. The Hall–Kier alpha value is -1.89. The molecule has 1 atom stereocenters. The Labute approximate surface area is 80.7 Å². The lowest BCUT2D eigenvalue weighted by atomic mass is 10.2. The normalized spacial score (nSPS) is 11.5. The van der Waals surface area contributed by atoms with Gasteiger partial charge in [-0.15, -0.1) is 0 Å². The summed E-state index contributed by atoms with van der Waals surface area (Å²) in [5.74, 6) is -1.05. The largest absolute Gasteiger partial charge is 0.444 e. The van der Waals surface area contributed by atoms with Gasteiger partial charge in [0.05, 0.1) is 5.56 Å². The summed E-state index contributed by atoms with van der Waals surface area (Å²) in [4.78, 5) is 11.2. The average molecular weight is 193 g/mol. The van der Waals surface area contributed by atoms with E-state index in [1.54, 1.807) is 6.07 Å². The molecule has 0 saturated heterocycles. The van der Waals surface area contributed by atoms with Crippen LogP contribution in [-0.2, 0) is 4.74 Å². The van der Waals surface area contributed by atoms with Crippen molar-refractivity contribution in [3.8, 4) is 6.07 Å². The number of carbonyl (C=O) groups is 1. The van der Waals surface area contributed by atoms with E-state index in [1.807, 2.05) is 0 Å². The maximum Gasteiger partial charge on any atom is 0.339 e. The van der Waals surface area contributed by atoms with Crippen molar-refractivity contribution >= 4 is 5.97 Å². The molecular weight excluding hydrogens is 185 g/mol. The monoisotopic (exact) mass is 193 g/mol. The summed E-state index contributed by atoms with van der Waals surface area (Å²) in [7, 11) is 0. The zero-order chi connectivity index (χ0) is 10.6. The molecule has 0 aliphatic heterocycles. The van der Waals surface area contributed by atoms with Crippen molar-refractivity contribution in [1.82, 2.24) is 0 Å². The van der Waals surface area contributed by atoms with Crippen LogP contribution >= 0.6 is 0 Å². The second-order valence-corrected chi connectivity index (χ2v) is 2.68. The molecule has 1 aromatic carbocycles. The van der Waals surface area contributed by atoms with Crippen LogP contribution < -0.4 is 0 Å². The first kappa shape index (κ1) is 10.2. The maximum atomic E-state index is 12.5. The predicted molar refractivity (Wildman–Crippen MR) is 46.9 cm³/mol. The van der Waals surface area contributed by atoms with Crippen molar-refractivity contribution in [2.24, 2.45) is 0 Å². The molecule has 3 nitrogen and oxygen atoms in total. The highest BCUT2D eigenvalue weighted by molar-refractivity contribution is 5.89. The maximum absolute atomic E-state index is 12.5. The van der Waals surface area contributed by atoms with Crippen LogP contribution in [0.4, 0.5) is 4.39 Å². The molecule has 0 spiro atoms. The summed E-state index contributed by atoms with van der Waals surface area (Å²) in [6.07, 6.45) is -0.799. The molecule has 14 heavy (non-hydrogen) atoms. The van der Waals surface area contributed by atoms with E-state index in [0.29, 0.717) is 0 Å². The van der Waals surface area contributed by atoms with E-state index in [0.717, 1.165) is 12.1 Å². The quantitative estimate of drug-likeness (QED) is 0.674. The highest BCUT2D eigenvalue weighted by atomic mass is 19.1. The number of hydrogen-bond acceptors (Lipinski definition) is 3. The number of rotatable bonds is 2. The SMILES string of the molecule is CC(C#N)OC(=O)c1ccc(F)cc1. The van der Waals surface area contributed by atoms with Gasteiger partial charge in [0.25, 0.3) is 0 Å². The van der Waals surface area contributed by atoms with Gasteiger partial charge in [0.1, 0.15) is 11.9 Å². The summed E-state index contributed by atoms with van der Waals surface area (Å²) in [6.45, 7) is 1.46. The number of benzene rings is 1. The number of carbonyl (C=O) groups excluding carboxylic acids is 1. The second-order valence-electron chi connectivity index (χ2n) is 2.68. The predicted octanol–water partition coefficient (Wildman–Crippen LogP) is 1.89. The van der Waals surface area contributed by atoms with E-state index in [4.69, 9.17) is 10.00 Å². The van der Waals surface area contributed by atoms with Crippen molar-refractivity contribution in [3.63, 3.8) is 0 Å². The fourth-order valence-electron chi connectivity index (χ4n) is 0.841. The Morgan fingerprint density at radius 3 is 2.57 bits per heavy atom. The topological polar surface area (TPSA) is 50.1 Å². The highest BCUT2D eigenvalue weighted by Crippen LogP contribution is 2.05. The van der Waals surface area contributed by atoms with Gasteiger partial charge in [-0.05, 0) is 31.2 Å². The lowest BCUT2D eigenvalue weighted by molar-refractivity contribution is 0.0435. The third-order valence-corrected chi connectivity index (χ3v) is 1.55. The molecule has 1 aromatic rings. The first-order valence-corrected chi connectivity index (χ1v) is 3.99. The summed E-state index contributed by atoms with van der Waals surface area (Å²) in [5.41, 5.74) is 0.230. The fourth-order valence-corrected chi connectivity index (χ4v) is 0.841. The molecular formula is C10H8FNO2. The van der Waals surface area contributed by atoms with Crippen molar-refractivity contribution in [2.75, 3.05) is 0 Å². The van der Waals surface area contributed by atoms with Crippen LogP contribution in [0, 0.1) is 17.1 Å². The van der Waals surface area contributed by atoms with Crippen LogP contribution in [0.15, 0.2) is 24.3 Å². The van der Waals surface area contributed by atoms with Crippen molar-refractivity contribution < 1.29 is 13.9 Å². The minimum Gasteiger partial charge on any atom is -0.444 e. The van der Waals surface area contributed by atoms with Gasteiger partial charge < -0.3 is 4.74 Å². The van der Waals surface area contributed by atoms with Crippen LogP contribution in [-0.4, -0.2) is 12.1 Å². The second kappa shape index (κ2) is 4.38. The third-order valence-electron chi connectivity index (χ3n) is 1.55. The number of nitriles is 1. The average Bonchev–Trinajstić information content (AvgIpc) is 2.18. The van der Waals surface area contributed by atoms with Gasteiger partial charge in [-0.25, -0.2) is 9.18 Å². The summed E-state index contributed by atoms with van der Waals surface area (Å²) >= 11 is 0. The molecule has 0 aliphatic rings. The minimum atomic E-state index is -0.799. The molecule has 0 aliphatic carbocycles. The van der Waals surface area contributed by atoms with E-state index >= 15 is 0 Å². The van der Waals surface area contributed by atoms with Crippen molar-refractivity contribution in [3.05, 3.63) is 35.6 Å². The van der Waals surface area contributed by atoms with Crippen molar-refractivity contribution in [1.29, 1.82) is 5.26 Å². The zero-order valence-electron chi connectivity index (χ0n) is 7.53. The van der Waals surface area contributed by atoms with Crippen LogP contribution in [0.3, 0.4) is 0 Å². The van der Waals surface area contributed by atoms with Crippen molar-refractivity contribution in [2.45, 2.75) is 13.0 Å². The van der Waals surface area contributed by atoms with Gasteiger partial charge >= 0.3 is 5.97 Å². The Balaban J connectivity index is 2.71. The van der Waals surface area contributed by atoms with Gasteiger partial charge in [-0.1, -0.05) is 0 Å². The van der Waals surface area contributed by atoms with Gasteiger partial charge in [0.15, 0.2) is 6.10 Å². The first-order chi connectivity index (χ1) is 6.63. The molecule has 0 amide bonds. The van der Waals surface area contributed by atoms with E-state index in [9.17, 15) is 9.18 Å². The smallest absolute Gasteiger partial charge is 0.339 e. The minimum absolute atomic E-state index is 0.230. The van der Waals surface area contributed by atoms with Gasteiger partial charge in [0, 0.05) is 0 Å². The van der Waals surface area contributed by atoms with E-state index in [1.165, 1.54) is 19.1 Å². The standard InChI is InChI=1S/C10H8FNO2/c1-7(6-12)14-10(13)8-2-4-9(11)5-3-8/h2-5,7H,1H3. The first-order valence-electron chi connectivity index (χ1n) is 3.99. The molecule has 0 heterocycles. The molecule has 0 N–H and O–H groups in total.